The average molecular weight is 407 g/mol. The molecule has 4 heteroatoms. The summed E-state index contributed by atoms with van der Waals surface area (Å²) in [4.78, 5) is 15.5. The van der Waals surface area contributed by atoms with Crippen molar-refractivity contribution < 1.29 is 14.6 Å². The molecule has 1 aromatic rings. The van der Waals surface area contributed by atoms with Gasteiger partial charge in [-0.25, -0.2) is 0 Å². The number of carbonyl (C=O) groups is 1. The first-order valence-electron chi connectivity index (χ1n) is 11.9. The zero-order valence-corrected chi connectivity index (χ0v) is 18.1. The number of pyridine rings is 1. The van der Waals surface area contributed by atoms with E-state index >= 15 is 0 Å². The van der Waals surface area contributed by atoms with Crippen LogP contribution in [0.5, 0.6) is 0 Å². The summed E-state index contributed by atoms with van der Waals surface area (Å²) in [5.41, 5.74) is 3.15. The summed E-state index contributed by atoms with van der Waals surface area (Å²) in [5, 5.41) is 11.1. The molecule has 1 aromatic heterocycles. The second-order valence-corrected chi connectivity index (χ2v) is 11.2. The Balaban J connectivity index is 1.30. The Morgan fingerprint density at radius 2 is 2.13 bits per heavy atom. The lowest BCUT2D eigenvalue weighted by atomic mass is 9.46. The van der Waals surface area contributed by atoms with Gasteiger partial charge in [-0.1, -0.05) is 31.6 Å². The quantitative estimate of drug-likeness (QED) is 0.562. The van der Waals surface area contributed by atoms with Crippen molar-refractivity contribution in [3.05, 3.63) is 41.7 Å². The van der Waals surface area contributed by atoms with Gasteiger partial charge in [0.15, 0.2) is 0 Å². The summed E-state index contributed by atoms with van der Waals surface area (Å²) >= 11 is 0. The average Bonchev–Trinajstić information content (AvgIpc) is 3.40. The van der Waals surface area contributed by atoms with Crippen molar-refractivity contribution >= 4 is 5.97 Å². The molecule has 4 fully saturated rings. The van der Waals surface area contributed by atoms with Crippen molar-refractivity contribution in [3.63, 3.8) is 0 Å². The van der Waals surface area contributed by atoms with Gasteiger partial charge in [0.05, 0.1) is 6.10 Å². The van der Waals surface area contributed by atoms with Gasteiger partial charge in [0.1, 0.15) is 5.60 Å². The van der Waals surface area contributed by atoms with Crippen molar-refractivity contribution in [1.82, 2.24) is 4.98 Å². The second kappa shape index (κ2) is 6.18. The molecule has 8 atom stereocenters. The van der Waals surface area contributed by atoms with E-state index in [-0.39, 0.29) is 28.8 Å². The number of hydrogen-bond donors (Lipinski definition) is 0. The molecule has 4 nitrogen and oxygen atoms in total. The first kappa shape index (κ1) is 19.0. The monoisotopic (exact) mass is 406 g/mol. The molecular formula is C26H32NO3-. The van der Waals surface area contributed by atoms with Gasteiger partial charge >= 0.3 is 0 Å². The van der Waals surface area contributed by atoms with Gasteiger partial charge in [-0.05, 0) is 86.5 Å². The molecule has 0 aromatic carbocycles. The first-order valence-corrected chi connectivity index (χ1v) is 11.9. The fourth-order valence-corrected chi connectivity index (χ4v) is 8.67. The molecule has 30 heavy (non-hydrogen) atoms. The minimum atomic E-state index is -0.891. The minimum absolute atomic E-state index is 0.117. The summed E-state index contributed by atoms with van der Waals surface area (Å²) in [7, 11) is 0. The molecule has 160 valence electrons. The maximum absolute atomic E-state index is 11.1. The summed E-state index contributed by atoms with van der Waals surface area (Å²) < 4.78 is 6.44. The van der Waals surface area contributed by atoms with Gasteiger partial charge < -0.3 is 14.6 Å². The van der Waals surface area contributed by atoms with Crippen LogP contribution >= 0.6 is 0 Å². The van der Waals surface area contributed by atoms with Gasteiger partial charge in [-0.3, -0.25) is 4.98 Å². The van der Waals surface area contributed by atoms with E-state index in [0.717, 1.165) is 37.5 Å². The number of fused-ring (bicyclic) bond motifs is 7. The van der Waals surface area contributed by atoms with Crippen LogP contribution in [0, 0.1) is 34.5 Å². The topological polar surface area (TPSA) is 65.5 Å². The van der Waals surface area contributed by atoms with Gasteiger partial charge in [-0.15, -0.1) is 0 Å². The van der Waals surface area contributed by atoms with E-state index in [1.165, 1.54) is 24.8 Å². The number of allylic oxidation sites excluding steroid dienone is 2. The Kier molecular flexibility index (Phi) is 3.92. The third kappa shape index (κ3) is 2.32. The highest BCUT2D eigenvalue weighted by Crippen LogP contribution is 2.76. The SMILES string of the molecule is C[C@]12CC[C@H](CC(=O)[O-])CC1=CC[C@@H]1[C@@H]2CC[C@@]2(C)[C@H]1C[C@@H]1O[C@@]12c1cccnc1. The largest absolute Gasteiger partial charge is 0.550 e. The number of carbonyl (C=O) groups excluding carboxylic acids is 1. The molecule has 0 radical (unpaired) electrons. The number of aliphatic carboxylic acids is 1. The molecule has 1 aliphatic heterocycles. The number of rotatable bonds is 3. The molecule has 1 saturated heterocycles. The lowest BCUT2D eigenvalue weighted by molar-refractivity contribution is -0.307. The zero-order chi connectivity index (χ0) is 20.7. The highest BCUT2D eigenvalue weighted by molar-refractivity contribution is 5.64. The number of nitrogens with zero attached hydrogens (tertiary/aromatic N) is 1. The Labute approximate surface area is 179 Å². The molecule has 0 N–H and O–H groups in total. The van der Waals surface area contributed by atoms with Gasteiger partial charge in [-0.2, -0.15) is 0 Å². The molecule has 5 aliphatic rings. The standard InChI is InChI=1S/C26H33NO3/c1-24-9-7-16(13-23(28)29)12-17(24)5-6-19-20(24)8-10-25(2)21(19)14-22-26(25,30-22)18-4-3-11-27-15-18/h3-5,11,15-16,19-22H,6-10,12-14H2,1-2H3,(H,28,29)/p-1/t16-,19+,20-,21-,22-,24-,25-,26-/m0/s1. The Morgan fingerprint density at radius 1 is 1.27 bits per heavy atom. The zero-order valence-electron chi connectivity index (χ0n) is 18.1. The van der Waals surface area contributed by atoms with Crippen LogP contribution in [0.3, 0.4) is 0 Å². The number of ether oxygens (including phenoxy) is 1. The van der Waals surface area contributed by atoms with Crippen molar-refractivity contribution in [2.75, 3.05) is 0 Å². The predicted octanol–water partition coefficient (Wildman–Crippen LogP) is 4.00. The van der Waals surface area contributed by atoms with Crippen LogP contribution in [0.25, 0.3) is 0 Å². The van der Waals surface area contributed by atoms with Crippen molar-refractivity contribution in [2.45, 2.75) is 76.9 Å². The molecule has 0 spiro atoms. The van der Waals surface area contributed by atoms with Gasteiger partial charge in [0.25, 0.3) is 0 Å². The van der Waals surface area contributed by atoms with Gasteiger partial charge in [0.2, 0.25) is 0 Å². The maximum Gasteiger partial charge on any atom is 0.127 e. The van der Waals surface area contributed by atoms with Crippen LogP contribution in [0.1, 0.15) is 70.8 Å². The highest BCUT2D eigenvalue weighted by atomic mass is 16.6. The highest BCUT2D eigenvalue weighted by Gasteiger charge is 2.77. The fourth-order valence-electron chi connectivity index (χ4n) is 8.67. The molecular weight excluding hydrogens is 374 g/mol. The number of epoxide rings is 1. The summed E-state index contributed by atoms with van der Waals surface area (Å²) in [6.45, 7) is 4.98. The van der Waals surface area contributed by atoms with E-state index in [1.807, 2.05) is 18.5 Å². The third-order valence-electron chi connectivity index (χ3n) is 10.2. The fraction of sp³-hybridized carbons (Fsp3) is 0.692. The van der Waals surface area contributed by atoms with Crippen molar-refractivity contribution in [1.29, 1.82) is 0 Å². The number of carboxylic acids is 1. The van der Waals surface area contributed by atoms with Crippen molar-refractivity contribution in [2.24, 2.45) is 34.5 Å². The maximum atomic E-state index is 11.1. The van der Waals surface area contributed by atoms with E-state index in [4.69, 9.17) is 4.74 Å². The first-order chi connectivity index (χ1) is 14.4. The third-order valence-corrected chi connectivity index (χ3v) is 10.2. The van der Waals surface area contributed by atoms with Crippen LogP contribution in [-0.4, -0.2) is 17.1 Å². The molecule has 2 heterocycles. The number of aromatic nitrogens is 1. The molecule has 0 bridgehead atoms. The summed E-state index contributed by atoms with van der Waals surface area (Å²) in [5.74, 6) is 1.52. The Hall–Kier alpha value is -1.68. The lowest BCUT2D eigenvalue weighted by Crippen LogP contribution is -2.52. The van der Waals surface area contributed by atoms with Crippen molar-refractivity contribution in [3.8, 4) is 0 Å². The molecule has 0 amide bonds. The van der Waals surface area contributed by atoms with Crippen LogP contribution in [0.4, 0.5) is 0 Å². The Morgan fingerprint density at radius 3 is 2.90 bits per heavy atom. The van der Waals surface area contributed by atoms with Crippen LogP contribution in [0.2, 0.25) is 0 Å². The van der Waals surface area contributed by atoms with Crippen LogP contribution < -0.4 is 5.11 Å². The van der Waals surface area contributed by atoms with Crippen LogP contribution in [-0.2, 0) is 15.1 Å². The van der Waals surface area contributed by atoms with E-state index < -0.39 is 5.97 Å². The van der Waals surface area contributed by atoms with Gasteiger partial charge in [0, 0.05) is 29.3 Å². The summed E-state index contributed by atoms with van der Waals surface area (Å²) in [6.07, 6.45) is 14.9. The molecule has 3 saturated carbocycles. The molecule has 0 unspecified atom stereocenters. The van der Waals surface area contributed by atoms with E-state index in [2.05, 4.69) is 31.0 Å². The minimum Gasteiger partial charge on any atom is -0.550 e. The summed E-state index contributed by atoms with van der Waals surface area (Å²) in [6, 6.07) is 4.26. The van der Waals surface area contributed by atoms with E-state index in [1.54, 1.807) is 5.57 Å². The molecule has 6 rings (SSSR count). The number of carboxylic acid groups (broad SMARTS) is 1. The lowest BCUT2D eigenvalue weighted by Gasteiger charge is -2.58. The van der Waals surface area contributed by atoms with E-state index in [9.17, 15) is 9.90 Å². The normalized spacial score (nSPS) is 48.6. The molecule has 4 aliphatic carbocycles. The second-order valence-electron chi connectivity index (χ2n) is 11.2. The Bertz CT molecular complexity index is 912. The predicted molar refractivity (Wildman–Crippen MR) is 111 cm³/mol. The smallest absolute Gasteiger partial charge is 0.127 e. The van der Waals surface area contributed by atoms with E-state index in [0.29, 0.717) is 12.0 Å². The van der Waals surface area contributed by atoms with Crippen LogP contribution in [0.15, 0.2) is 36.2 Å². The number of hydrogen-bond acceptors (Lipinski definition) is 4.